The number of rotatable bonds is 4. The highest BCUT2D eigenvalue weighted by molar-refractivity contribution is 5.99. The lowest BCUT2D eigenvalue weighted by atomic mass is 9.68. The highest BCUT2D eigenvalue weighted by Gasteiger charge is 2.60. The molecule has 1 amide bonds. The Morgan fingerprint density at radius 1 is 1.30 bits per heavy atom. The van der Waals surface area contributed by atoms with Gasteiger partial charge in [0.15, 0.2) is 0 Å². The van der Waals surface area contributed by atoms with Crippen molar-refractivity contribution in [3.63, 3.8) is 0 Å². The van der Waals surface area contributed by atoms with E-state index in [9.17, 15) is 4.79 Å². The summed E-state index contributed by atoms with van der Waals surface area (Å²) >= 11 is 0. The van der Waals surface area contributed by atoms with Gasteiger partial charge in [-0.3, -0.25) is 4.79 Å². The molecule has 2 aliphatic rings. The zero-order chi connectivity index (χ0) is 16.8. The molecule has 0 aliphatic heterocycles. The second kappa shape index (κ2) is 5.29. The van der Waals surface area contributed by atoms with E-state index in [4.69, 9.17) is 9.47 Å². The van der Waals surface area contributed by atoms with Gasteiger partial charge in [-0.2, -0.15) is 0 Å². The van der Waals surface area contributed by atoms with Crippen molar-refractivity contribution < 1.29 is 14.3 Å². The molecule has 2 fully saturated rings. The quantitative estimate of drug-likeness (QED) is 0.854. The van der Waals surface area contributed by atoms with Crippen molar-refractivity contribution in [2.45, 2.75) is 33.1 Å². The number of anilines is 1. The standard InChI is InChI=1S/C19H25NO3/c1-12-18(2,3)13-8-9-19(12,11-13)17(21)20-15-7-6-14(22-4)10-16(15)23-5/h6-7,10,13H,1,8-9,11H2,2-5H3,(H,20,21)/t13-,19+/m0/s1. The first-order valence-corrected chi connectivity index (χ1v) is 8.08. The van der Waals surface area contributed by atoms with Crippen LogP contribution < -0.4 is 14.8 Å². The number of nitrogens with one attached hydrogen (secondary N) is 1. The molecule has 23 heavy (non-hydrogen) atoms. The number of fused-ring (bicyclic) bond motifs is 2. The van der Waals surface area contributed by atoms with Crippen LogP contribution in [0.4, 0.5) is 5.69 Å². The van der Waals surface area contributed by atoms with Gasteiger partial charge in [0.1, 0.15) is 11.5 Å². The summed E-state index contributed by atoms with van der Waals surface area (Å²) in [6.45, 7) is 8.70. The Balaban J connectivity index is 1.87. The Labute approximate surface area is 137 Å². The first-order chi connectivity index (χ1) is 10.8. The smallest absolute Gasteiger partial charge is 0.234 e. The van der Waals surface area contributed by atoms with Crippen LogP contribution in [-0.4, -0.2) is 20.1 Å². The van der Waals surface area contributed by atoms with Crippen LogP contribution in [0.5, 0.6) is 11.5 Å². The van der Waals surface area contributed by atoms with Crippen LogP contribution in [0.1, 0.15) is 33.1 Å². The molecule has 0 unspecified atom stereocenters. The molecule has 0 spiro atoms. The highest BCUT2D eigenvalue weighted by atomic mass is 16.5. The second-order valence-corrected chi connectivity index (χ2v) is 7.24. The molecule has 4 nitrogen and oxygen atoms in total. The van der Waals surface area contributed by atoms with Gasteiger partial charge >= 0.3 is 0 Å². The fraction of sp³-hybridized carbons (Fsp3) is 0.526. The molecule has 1 aromatic rings. The summed E-state index contributed by atoms with van der Waals surface area (Å²) in [6.07, 6.45) is 2.90. The third kappa shape index (κ3) is 2.23. The molecular formula is C19H25NO3. The van der Waals surface area contributed by atoms with E-state index in [1.807, 2.05) is 12.1 Å². The molecule has 0 aromatic heterocycles. The first kappa shape index (κ1) is 15.9. The zero-order valence-electron chi connectivity index (χ0n) is 14.4. The van der Waals surface area contributed by atoms with Crippen molar-refractivity contribution in [3.05, 3.63) is 30.4 Å². The molecule has 0 saturated heterocycles. The van der Waals surface area contributed by atoms with Gasteiger partial charge in [0, 0.05) is 6.07 Å². The lowest BCUT2D eigenvalue weighted by Gasteiger charge is -2.37. The topological polar surface area (TPSA) is 47.6 Å². The molecule has 1 N–H and O–H groups in total. The molecule has 4 heteroatoms. The first-order valence-electron chi connectivity index (χ1n) is 8.08. The number of benzene rings is 1. The van der Waals surface area contributed by atoms with Crippen molar-refractivity contribution >= 4 is 11.6 Å². The van der Waals surface area contributed by atoms with Crippen LogP contribution >= 0.6 is 0 Å². The van der Waals surface area contributed by atoms with Crippen LogP contribution in [0, 0.1) is 16.7 Å². The summed E-state index contributed by atoms with van der Waals surface area (Å²) in [7, 11) is 3.20. The van der Waals surface area contributed by atoms with Crippen LogP contribution in [-0.2, 0) is 4.79 Å². The summed E-state index contributed by atoms with van der Waals surface area (Å²) in [5.74, 6) is 1.90. The van der Waals surface area contributed by atoms with Gasteiger partial charge in [-0.1, -0.05) is 26.0 Å². The van der Waals surface area contributed by atoms with Crippen molar-refractivity contribution in [2.24, 2.45) is 16.7 Å². The maximum absolute atomic E-state index is 13.1. The van der Waals surface area contributed by atoms with Crippen LogP contribution in [0.15, 0.2) is 30.4 Å². The van der Waals surface area contributed by atoms with E-state index in [2.05, 4.69) is 25.7 Å². The number of ether oxygens (including phenoxy) is 2. The normalized spacial score (nSPS) is 27.8. The number of methoxy groups -OCH3 is 2. The molecule has 2 atom stereocenters. The van der Waals surface area contributed by atoms with E-state index in [1.165, 1.54) is 0 Å². The molecule has 0 radical (unpaired) electrons. The van der Waals surface area contributed by atoms with E-state index < -0.39 is 5.41 Å². The average molecular weight is 315 g/mol. The minimum atomic E-state index is -0.431. The van der Waals surface area contributed by atoms with Gasteiger partial charge in [0.05, 0.1) is 25.3 Å². The zero-order valence-corrected chi connectivity index (χ0v) is 14.4. The number of amides is 1. The molecule has 2 bridgehead atoms. The lowest BCUT2D eigenvalue weighted by molar-refractivity contribution is -0.123. The predicted molar refractivity (Wildman–Crippen MR) is 90.9 cm³/mol. The molecule has 1 aromatic carbocycles. The Kier molecular flexibility index (Phi) is 3.66. The third-order valence-corrected chi connectivity index (χ3v) is 5.98. The van der Waals surface area contributed by atoms with Gasteiger partial charge in [-0.25, -0.2) is 0 Å². The number of carbonyl (C=O) groups excluding carboxylic acids is 1. The van der Waals surface area contributed by atoms with Gasteiger partial charge in [-0.05, 0) is 42.7 Å². The van der Waals surface area contributed by atoms with E-state index in [1.54, 1.807) is 20.3 Å². The predicted octanol–water partition coefficient (Wildman–Crippen LogP) is 4.02. The Hall–Kier alpha value is -1.97. The summed E-state index contributed by atoms with van der Waals surface area (Å²) in [6, 6.07) is 5.42. The van der Waals surface area contributed by atoms with Crippen LogP contribution in [0.3, 0.4) is 0 Å². The SMILES string of the molecule is C=C1C(C)(C)[C@H]2CC[C@@]1(C(=O)Nc1ccc(OC)cc1OC)C2. The van der Waals surface area contributed by atoms with Crippen LogP contribution in [0.25, 0.3) is 0 Å². The largest absolute Gasteiger partial charge is 0.497 e. The van der Waals surface area contributed by atoms with Crippen molar-refractivity contribution in [1.82, 2.24) is 0 Å². The summed E-state index contributed by atoms with van der Waals surface area (Å²) < 4.78 is 10.6. The summed E-state index contributed by atoms with van der Waals surface area (Å²) in [4.78, 5) is 13.1. The summed E-state index contributed by atoms with van der Waals surface area (Å²) in [5.41, 5.74) is 1.36. The third-order valence-electron chi connectivity index (χ3n) is 5.98. The maximum atomic E-state index is 13.1. The minimum absolute atomic E-state index is 0.0408. The van der Waals surface area contributed by atoms with E-state index >= 15 is 0 Å². The van der Waals surface area contributed by atoms with Crippen molar-refractivity contribution in [1.29, 1.82) is 0 Å². The fourth-order valence-corrected chi connectivity index (χ4v) is 4.29. The molecular weight excluding hydrogens is 290 g/mol. The number of hydrogen-bond donors (Lipinski definition) is 1. The molecule has 124 valence electrons. The fourth-order valence-electron chi connectivity index (χ4n) is 4.29. The van der Waals surface area contributed by atoms with Crippen LogP contribution in [0.2, 0.25) is 0 Å². The maximum Gasteiger partial charge on any atom is 0.234 e. The van der Waals surface area contributed by atoms with Gasteiger partial charge < -0.3 is 14.8 Å². The summed E-state index contributed by atoms with van der Waals surface area (Å²) in [5, 5.41) is 3.06. The highest BCUT2D eigenvalue weighted by Crippen LogP contribution is 2.65. The van der Waals surface area contributed by atoms with Gasteiger partial charge in [-0.15, -0.1) is 0 Å². The molecule has 2 aliphatic carbocycles. The Morgan fingerprint density at radius 3 is 2.61 bits per heavy atom. The van der Waals surface area contributed by atoms with E-state index in [0.29, 0.717) is 23.1 Å². The second-order valence-electron chi connectivity index (χ2n) is 7.24. The minimum Gasteiger partial charge on any atom is -0.497 e. The Morgan fingerprint density at radius 2 is 2.04 bits per heavy atom. The Bertz CT molecular complexity index is 665. The van der Waals surface area contributed by atoms with E-state index in [0.717, 1.165) is 24.8 Å². The molecule has 0 heterocycles. The van der Waals surface area contributed by atoms with E-state index in [-0.39, 0.29) is 11.3 Å². The average Bonchev–Trinajstić information content (AvgIpc) is 3.07. The number of carbonyl (C=O) groups is 1. The van der Waals surface area contributed by atoms with Gasteiger partial charge in [0.2, 0.25) is 5.91 Å². The van der Waals surface area contributed by atoms with Crippen molar-refractivity contribution in [3.8, 4) is 11.5 Å². The van der Waals surface area contributed by atoms with Gasteiger partial charge in [0.25, 0.3) is 0 Å². The lowest BCUT2D eigenvalue weighted by Crippen LogP contribution is -2.37. The van der Waals surface area contributed by atoms with Crippen molar-refractivity contribution in [2.75, 3.05) is 19.5 Å². The number of hydrogen-bond acceptors (Lipinski definition) is 3. The molecule has 3 rings (SSSR count). The molecule has 2 saturated carbocycles. The monoisotopic (exact) mass is 315 g/mol.